The van der Waals surface area contributed by atoms with Crippen LogP contribution in [0.3, 0.4) is 0 Å². The molecule has 1 aromatic carbocycles. The quantitative estimate of drug-likeness (QED) is 0.823. The lowest BCUT2D eigenvalue weighted by Crippen LogP contribution is -2.10. The number of ether oxygens (including phenoxy) is 1. The van der Waals surface area contributed by atoms with Crippen molar-refractivity contribution in [3.8, 4) is 5.75 Å². The third kappa shape index (κ3) is 3.25. The third-order valence-corrected chi connectivity index (χ3v) is 3.63. The van der Waals surface area contributed by atoms with Crippen molar-refractivity contribution in [3.05, 3.63) is 42.2 Å². The lowest BCUT2D eigenvalue weighted by molar-refractivity contribution is 0.414. The van der Waals surface area contributed by atoms with E-state index in [9.17, 15) is 4.55 Å². The monoisotopic (exact) mass is 250 g/mol. The molecule has 0 aliphatic heterocycles. The molecule has 0 fully saturated rings. The molecule has 1 heterocycles. The first-order valence-electron chi connectivity index (χ1n) is 5.30. The van der Waals surface area contributed by atoms with Crippen molar-refractivity contribution in [1.82, 2.24) is 9.97 Å². The van der Waals surface area contributed by atoms with E-state index in [-0.39, 0.29) is 0 Å². The Morgan fingerprint density at radius 3 is 3.06 bits per heavy atom. The van der Waals surface area contributed by atoms with Crippen LogP contribution >= 0.6 is 0 Å². The Bertz CT molecular complexity index is 459. The maximum absolute atomic E-state index is 11.8. The number of aromatic amines is 1. The molecule has 0 saturated heterocycles. The van der Waals surface area contributed by atoms with Gasteiger partial charge >= 0.3 is 5.16 Å². The fraction of sp³-hybridized carbons (Fsp3) is 0.250. The molecule has 1 N–H and O–H groups in total. The molecule has 1 aromatic heterocycles. The number of hydrogen-bond acceptors (Lipinski definition) is 3. The number of hydrogen-bond donors (Lipinski definition) is 1. The summed E-state index contributed by atoms with van der Waals surface area (Å²) in [6.45, 7) is 0. The summed E-state index contributed by atoms with van der Waals surface area (Å²) < 4.78 is 17.0. The van der Waals surface area contributed by atoms with Crippen molar-refractivity contribution in [2.45, 2.75) is 11.6 Å². The summed E-state index contributed by atoms with van der Waals surface area (Å²) in [6.07, 6.45) is 4.03. The Hall–Kier alpha value is -1.46. The second-order valence-corrected chi connectivity index (χ2v) is 5.03. The van der Waals surface area contributed by atoms with E-state index in [2.05, 4.69) is 9.97 Å². The topological polar surface area (TPSA) is 61.0 Å². The maximum Gasteiger partial charge on any atom is 0.320 e. The number of imidazole rings is 1. The molecule has 1 unspecified atom stereocenters. The van der Waals surface area contributed by atoms with Gasteiger partial charge in [0.2, 0.25) is 0 Å². The lowest BCUT2D eigenvalue weighted by atomic mass is 10.2. The van der Waals surface area contributed by atoms with Gasteiger partial charge in [0.1, 0.15) is 11.5 Å². The van der Waals surface area contributed by atoms with Crippen LogP contribution in [0.15, 0.2) is 41.8 Å². The summed E-state index contributed by atoms with van der Waals surface area (Å²) >= 11 is -1.07. The van der Waals surface area contributed by atoms with Crippen molar-refractivity contribution in [2.24, 2.45) is 0 Å². The number of nitrogens with zero attached hydrogens (tertiary/aromatic N) is 1. The van der Waals surface area contributed by atoms with Crippen LogP contribution in [-0.4, -0.2) is 27.4 Å². The summed E-state index contributed by atoms with van der Waals surface area (Å²) in [6, 6.07) is 7.79. The summed E-state index contributed by atoms with van der Waals surface area (Å²) in [5.41, 5.74) is 1.12. The average Bonchev–Trinajstić information content (AvgIpc) is 2.90. The van der Waals surface area contributed by atoms with E-state index in [1.807, 2.05) is 24.3 Å². The number of aromatic nitrogens is 2. The van der Waals surface area contributed by atoms with Crippen LogP contribution in [-0.2, 0) is 17.6 Å². The van der Waals surface area contributed by atoms with Crippen molar-refractivity contribution in [2.75, 3.05) is 12.9 Å². The smallest absolute Gasteiger partial charge is 0.320 e. The van der Waals surface area contributed by atoms with Gasteiger partial charge in [0.25, 0.3) is 0 Å². The molecule has 0 spiro atoms. The molecule has 2 rings (SSSR count). The normalized spacial score (nSPS) is 12.4. The maximum atomic E-state index is 11.8. The van der Waals surface area contributed by atoms with E-state index in [4.69, 9.17) is 4.74 Å². The minimum atomic E-state index is -1.07. The molecule has 1 atom stereocenters. The predicted octanol–water partition coefficient (Wildman–Crippen LogP) is 1.77. The summed E-state index contributed by atoms with van der Waals surface area (Å²) in [5, 5.41) is 0.535. The van der Waals surface area contributed by atoms with Gasteiger partial charge in [0.15, 0.2) is 0 Å². The van der Waals surface area contributed by atoms with E-state index in [1.165, 1.54) is 0 Å². The second kappa shape index (κ2) is 5.75. The zero-order valence-electron chi connectivity index (χ0n) is 9.55. The van der Waals surface area contributed by atoms with Gasteiger partial charge in [0, 0.05) is 30.0 Å². The summed E-state index contributed by atoms with van der Waals surface area (Å²) in [5.74, 6) is 1.38. The van der Waals surface area contributed by atoms with Crippen LogP contribution in [0.4, 0.5) is 0 Å². The first-order valence-corrected chi connectivity index (χ1v) is 6.62. The molecule has 17 heavy (non-hydrogen) atoms. The first-order chi connectivity index (χ1) is 8.29. The Kier molecular flexibility index (Phi) is 4.06. The molecule has 0 aliphatic rings. The molecule has 0 aliphatic carbocycles. The molecule has 0 radical (unpaired) electrons. The molecule has 90 valence electrons. The SMILES string of the molecule is COc1cccc(CC[S+]([O-])c2ncc[nH]2)c1. The molecule has 2 aromatic rings. The Balaban J connectivity index is 1.93. The molecule has 0 saturated carbocycles. The first kappa shape index (κ1) is 12.0. The van der Waals surface area contributed by atoms with Crippen LogP contribution < -0.4 is 4.74 Å². The number of H-pyrrole nitrogens is 1. The van der Waals surface area contributed by atoms with Gasteiger partial charge < -0.3 is 14.3 Å². The molecule has 4 nitrogen and oxygen atoms in total. The van der Waals surface area contributed by atoms with Gasteiger partial charge in [0.05, 0.1) is 7.11 Å². The highest BCUT2D eigenvalue weighted by Gasteiger charge is 2.13. The highest BCUT2D eigenvalue weighted by Crippen LogP contribution is 2.14. The van der Waals surface area contributed by atoms with Crippen molar-refractivity contribution in [3.63, 3.8) is 0 Å². The number of benzene rings is 1. The zero-order valence-corrected chi connectivity index (χ0v) is 10.4. The Labute approximate surface area is 103 Å². The van der Waals surface area contributed by atoms with Crippen LogP contribution in [0.1, 0.15) is 5.56 Å². The third-order valence-electron chi connectivity index (χ3n) is 2.40. The predicted molar refractivity (Wildman–Crippen MR) is 66.6 cm³/mol. The van der Waals surface area contributed by atoms with E-state index in [0.29, 0.717) is 10.9 Å². The van der Waals surface area contributed by atoms with Gasteiger partial charge in [-0.25, -0.2) is 0 Å². The molecule has 0 amide bonds. The van der Waals surface area contributed by atoms with Crippen molar-refractivity contribution >= 4 is 11.2 Å². The fourth-order valence-corrected chi connectivity index (χ4v) is 2.50. The van der Waals surface area contributed by atoms with Gasteiger partial charge in [-0.3, -0.25) is 0 Å². The second-order valence-electron chi connectivity index (χ2n) is 3.55. The Morgan fingerprint density at radius 2 is 2.35 bits per heavy atom. The zero-order chi connectivity index (χ0) is 12.1. The van der Waals surface area contributed by atoms with E-state index in [0.717, 1.165) is 17.7 Å². The van der Waals surface area contributed by atoms with E-state index in [1.54, 1.807) is 19.5 Å². The Morgan fingerprint density at radius 1 is 1.47 bits per heavy atom. The lowest BCUT2D eigenvalue weighted by Gasteiger charge is -2.07. The van der Waals surface area contributed by atoms with Crippen molar-refractivity contribution < 1.29 is 9.29 Å². The van der Waals surface area contributed by atoms with Gasteiger partial charge in [-0.1, -0.05) is 12.1 Å². The number of rotatable bonds is 5. The molecular weight excluding hydrogens is 236 g/mol. The number of nitrogens with one attached hydrogen (secondary N) is 1. The van der Waals surface area contributed by atoms with Crippen LogP contribution in [0.25, 0.3) is 0 Å². The van der Waals surface area contributed by atoms with E-state index < -0.39 is 11.2 Å². The van der Waals surface area contributed by atoms with Crippen LogP contribution in [0.5, 0.6) is 5.75 Å². The highest BCUT2D eigenvalue weighted by atomic mass is 32.2. The van der Waals surface area contributed by atoms with Gasteiger partial charge in [-0.05, 0) is 17.7 Å². The highest BCUT2D eigenvalue weighted by molar-refractivity contribution is 7.91. The summed E-state index contributed by atoms with van der Waals surface area (Å²) in [4.78, 5) is 6.84. The largest absolute Gasteiger partial charge is 0.609 e. The summed E-state index contributed by atoms with van der Waals surface area (Å²) in [7, 11) is 1.64. The van der Waals surface area contributed by atoms with Crippen molar-refractivity contribution in [1.29, 1.82) is 0 Å². The fourth-order valence-electron chi connectivity index (χ4n) is 1.51. The molecular formula is C12H14N2O2S. The molecule has 5 heteroatoms. The number of aryl methyl sites for hydroxylation is 1. The van der Waals surface area contributed by atoms with E-state index >= 15 is 0 Å². The van der Waals surface area contributed by atoms with Gasteiger partial charge in [-0.2, -0.15) is 4.98 Å². The standard InChI is InChI=1S/C12H14N2O2S/c1-16-11-4-2-3-10(9-11)5-8-17(15)12-13-6-7-14-12/h2-4,6-7,9H,5,8H2,1H3,(H,13,14). The molecule has 0 bridgehead atoms. The van der Waals surface area contributed by atoms with Gasteiger partial charge in [-0.15, -0.1) is 0 Å². The van der Waals surface area contributed by atoms with Crippen LogP contribution in [0, 0.1) is 0 Å². The average molecular weight is 250 g/mol. The van der Waals surface area contributed by atoms with Crippen LogP contribution in [0.2, 0.25) is 0 Å². The number of methoxy groups -OCH3 is 1. The minimum absolute atomic E-state index is 0.535. The minimum Gasteiger partial charge on any atom is -0.609 e.